The molecule has 0 unspecified atom stereocenters. The standard InChI is InChI=1S/C19H22ClN3O2/c1-12(2)18-14(7-8-25-18)10-21-19(24)17-11-22-23(13(17)3)16-6-4-5-15(20)9-16/h4-6,9,11,14,18H,1,7-8,10H2,2-3H3,(H,21,24)/t14-,18+/m0/s1. The molecule has 0 saturated carbocycles. The molecule has 5 nitrogen and oxygen atoms in total. The second-order valence-electron chi connectivity index (χ2n) is 6.43. The molecule has 1 N–H and O–H groups in total. The first-order valence-electron chi connectivity index (χ1n) is 8.33. The summed E-state index contributed by atoms with van der Waals surface area (Å²) in [7, 11) is 0. The van der Waals surface area contributed by atoms with E-state index >= 15 is 0 Å². The summed E-state index contributed by atoms with van der Waals surface area (Å²) in [5.74, 6) is 0.142. The number of benzene rings is 1. The van der Waals surface area contributed by atoms with E-state index in [-0.39, 0.29) is 17.9 Å². The summed E-state index contributed by atoms with van der Waals surface area (Å²) in [4.78, 5) is 12.6. The Labute approximate surface area is 152 Å². The maximum absolute atomic E-state index is 12.6. The molecule has 2 heterocycles. The van der Waals surface area contributed by atoms with Crippen LogP contribution in [0.2, 0.25) is 5.02 Å². The Morgan fingerprint density at radius 3 is 3.04 bits per heavy atom. The molecule has 1 aliphatic heterocycles. The van der Waals surface area contributed by atoms with Crippen molar-refractivity contribution >= 4 is 17.5 Å². The number of nitrogens with zero attached hydrogens (tertiary/aromatic N) is 2. The second-order valence-corrected chi connectivity index (χ2v) is 6.87. The third-order valence-corrected chi connectivity index (χ3v) is 4.77. The summed E-state index contributed by atoms with van der Waals surface area (Å²) in [5, 5.41) is 7.96. The smallest absolute Gasteiger partial charge is 0.254 e. The SMILES string of the molecule is C=C(C)[C@H]1OCC[C@H]1CNC(=O)c1cnn(-c2cccc(Cl)c2)c1C. The average Bonchev–Trinajstić information content (AvgIpc) is 3.19. The zero-order valence-electron chi connectivity index (χ0n) is 14.5. The van der Waals surface area contributed by atoms with Gasteiger partial charge in [-0.15, -0.1) is 0 Å². The second kappa shape index (κ2) is 7.42. The fraction of sp³-hybridized carbons (Fsp3) is 0.368. The number of ether oxygens (including phenoxy) is 1. The summed E-state index contributed by atoms with van der Waals surface area (Å²) in [5.41, 5.74) is 3.17. The quantitative estimate of drug-likeness (QED) is 0.831. The van der Waals surface area contributed by atoms with Crippen molar-refractivity contribution in [2.45, 2.75) is 26.4 Å². The van der Waals surface area contributed by atoms with E-state index in [1.54, 1.807) is 16.9 Å². The number of nitrogens with one attached hydrogen (secondary N) is 1. The van der Waals surface area contributed by atoms with Crippen molar-refractivity contribution < 1.29 is 9.53 Å². The number of amides is 1. The molecule has 132 valence electrons. The van der Waals surface area contributed by atoms with Crippen LogP contribution in [0.5, 0.6) is 0 Å². The fourth-order valence-electron chi connectivity index (χ4n) is 3.21. The lowest BCUT2D eigenvalue weighted by Crippen LogP contribution is -2.33. The van der Waals surface area contributed by atoms with E-state index in [0.29, 0.717) is 23.7 Å². The molecule has 1 aliphatic rings. The molecule has 6 heteroatoms. The zero-order chi connectivity index (χ0) is 18.0. The predicted octanol–water partition coefficient (Wildman–Crippen LogP) is 3.55. The average molecular weight is 360 g/mol. The summed E-state index contributed by atoms with van der Waals surface area (Å²) in [6.45, 7) is 9.08. The lowest BCUT2D eigenvalue weighted by atomic mass is 9.97. The molecule has 1 aromatic heterocycles. The third-order valence-electron chi connectivity index (χ3n) is 4.53. The van der Waals surface area contributed by atoms with Gasteiger partial charge in [-0.25, -0.2) is 4.68 Å². The first-order valence-corrected chi connectivity index (χ1v) is 8.71. The van der Waals surface area contributed by atoms with Gasteiger partial charge in [-0.2, -0.15) is 5.10 Å². The molecule has 1 amide bonds. The number of hydrogen-bond donors (Lipinski definition) is 1. The molecule has 0 radical (unpaired) electrons. The van der Waals surface area contributed by atoms with Gasteiger partial charge in [-0.05, 0) is 38.5 Å². The Bertz CT molecular complexity index is 800. The number of hydrogen-bond acceptors (Lipinski definition) is 3. The molecule has 2 atom stereocenters. The summed E-state index contributed by atoms with van der Waals surface area (Å²) >= 11 is 6.04. The highest BCUT2D eigenvalue weighted by Crippen LogP contribution is 2.25. The van der Waals surface area contributed by atoms with Gasteiger partial charge in [0.1, 0.15) is 0 Å². The minimum atomic E-state index is -0.127. The van der Waals surface area contributed by atoms with Gasteiger partial charge < -0.3 is 10.1 Å². The minimum absolute atomic E-state index is 0.0237. The Morgan fingerprint density at radius 2 is 2.32 bits per heavy atom. The molecule has 0 bridgehead atoms. The normalized spacial score (nSPS) is 19.8. The van der Waals surface area contributed by atoms with Crippen molar-refractivity contribution in [3.05, 3.63) is 58.9 Å². The van der Waals surface area contributed by atoms with Gasteiger partial charge >= 0.3 is 0 Å². The topological polar surface area (TPSA) is 56.1 Å². The van der Waals surface area contributed by atoms with Gasteiger partial charge in [-0.3, -0.25) is 4.79 Å². The van der Waals surface area contributed by atoms with Gasteiger partial charge in [0.05, 0.1) is 29.2 Å². The molecule has 0 aliphatic carbocycles. The van der Waals surface area contributed by atoms with E-state index in [9.17, 15) is 4.79 Å². The van der Waals surface area contributed by atoms with Crippen LogP contribution in [0.25, 0.3) is 5.69 Å². The number of aromatic nitrogens is 2. The van der Waals surface area contributed by atoms with Crippen LogP contribution in [-0.2, 0) is 4.74 Å². The Morgan fingerprint density at radius 1 is 1.52 bits per heavy atom. The zero-order valence-corrected chi connectivity index (χ0v) is 15.2. The molecule has 3 rings (SSSR count). The van der Waals surface area contributed by atoms with Crippen molar-refractivity contribution in [3.63, 3.8) is 0 Å². The molecule has 1 saturated heterocycles. The maximum atomic E-state index is 12.6. The van der Waals surface area contributed by atoms with Gasteiger partial charge in [0.25, 0.3) is 5.91 Å². The van der Waals surface area contributed by atoms with E-state index in [4.69, 9.17) is 16.3 Å². The monoisotopic (exact) mass is 359 g/mol. The van der Waals surface area contributed by atoms with Crippen molar-refractivity contribution in [2.75, 3.05) is 13.2 Å². The van der Waals surface area contributed by atoms with Crippen LogP contribution in [0, 0.1) is 12.8 Å². The van der Waals surface area contributed by atoms with Crippen LogP contribution in [0.1, 0.15) is 29.4 Å². The summed E-state index contributed by atoms with van der Waals surface area (Å²) in [6.07, 6.45) is 2.54. The number of halogens is 1. The first-order chi connectivity index (χ1) is 12.0. The lowest BCUT2D eigenvalue weighted by molar-refractivity contribution is 0.0925. The van der Waals surface area contributed by atoms with Gasteiger partial charge in [0.2, 0.25) is 0 Å². The van der Waals surface area contributed by atoms with Crippen LogP contribution >= 0.6 is 11.6 Å². The molecule has 0 spiro atoms. The number of carbonyl (C=O) groups is 1. The van der Waals surface area contributed by atoms with E-state index in [0.717, 1.165) is 23.4 Å². The van der Waals surface area contributed by atoms with Crippen molar-refractivity contribution in [1.29, 1.82) is 0 Å². The summed E-state index contributed by atoms with van der Waals surface area (Å²) < 4.78 is 7.40. The molecule has 2 aromatic rings. The Hall–Kier alpha value is -2.11. The highest BCUT2D eigenvalue weighted by atomic mass is 35.5. The van der Waals surface area contributed by atoms with Crippen molar-refractivity contribution in [1.82, 2.24) is 15.1 Å². The largest absolute Gasteiger partial charge is 0.374 e. The molecule has 1 aromatic carbocycles. The van der Waals surface area contributed by atoms with E-state index in [1.807, 2.05) is 32.0 Å². The highest BCUT2D eigenvalue weighted by Gasteiger charge is 2.29. The maximum Gasteiger partial charge on any atom is 0.254 e. The first kappa shape index (κ1) is 17.7. The lowest BCUT2D eigenvalue weighted by Gasteiger charge is -2.18. The van der Waals surface area contributed by atoms with E-state index in [1.165, 1.54) is 0 Å². The third kappa shape index (κ3) is 3.78. The number of carbonyl (C=O) groups excluding carboxylic acids is 1. The van der Waals surface area contributed by atoms with Crippen LogP contribution in [0.4, 0.5) is 0 Å². The van der Waals surface area contributed by atoms with Crippen molar-refractivity contribution in [3.8, 4) is 5.69 Å². The van der Waals surface area contributed by atoms with E-state index in [2.05, 4.69) is 17.0 Å². The molecule has 25 heavy (non-hydrogen) atoms. The molecule has 1 fully saturated rings. The van der Waals surface area contributed by atoms with Crippen LogP contribution in [0.15, 0.2) is 42.6 Å². The van der Waals surface area contributed by atoms with Crippen LogP contribution in [-0.4, -0.2) is 34.9 Å². The summed E-state index contributed by atoms with van der Waals surface area (Å²) in [6, 6.07) is 7.38. The van der Waals surface area contributed by atoms with Crippen molar-refractivity contribution in [2.24, 2.45) is 5.92 Å². The van der Waals surface area contributed by atoms with Crippen LogP contribution in [0.3, 0.4) is 0 Å². The number of rotatable bonds is 5. The van der Waals surface area contributed by atoms with Gasteiger partial charge in [-0.1, -0.05) is 29.8 Å². The highest BCUT2D eigenvalue weighted by molar-refractivity contribution is 6.30. The Kier molecular flexibility index (Phi) is 5.25. The van der Waals surface area contributed by atoms with E-state index < -0.39 is 0 Å². The molecular weight excluding hydrogens is 338 g/mol. The predicted molar refractivity (Wildman–Crippen MR) is 98.3 cm³/mol. The van der Waals surface area contributed by atoms with Gasteiger partial charge in [0.15, 0.2) is 0 Å². The van der Waals surface area contributed by atoms with Crippen LogP contribution < -0.4 is 5.32 Å². The Balaban J connectivity index is 1.70. The molecular formula is C19H22ClN3O2. The fourth-order valence-corrected chi connectivity index (χ4v) is 3.39. The minimum Gasteiger partial charge on any atom is -0.374 e. The van der Waals surface area contributed by atoms with Gasteiger partial charge in [0, 0.05) is 24.1 Å².